The molecule has 1 fully saturated rings. The number of aromatic nitrogens is 1. The first-order valence-corrected chi connectivity index (χ1v) is 5.82. The molecule has 0 bridgehead atoms. The molecule has 2 rings (SSSR count). The molecule has 92 valence electrons. The van der Waals surface area contributed by atoms with E-state index < -0.39 is 0 Å². The zero-order chi connectivity index (χ0) is 12.3. The largest absolute Gasteiger partial charge is 0.396 e. The molecular formula is C12H16N2O3. The molecule has 0 spiro atoms. The molecule has 1 saturated carbocycles. The Morgan fingerprint density at radius 2 is 2.29 bits per heavy atom. The van der Waals surface area contributed by atoms with Gasteiger partial charge in [0.25, 0.3) is 5.91 Å². The normalized spacial score (nSPS) is 23.6. The predicted octanol–water partition coefficient (Wildman–Crippen LogP) is 0.266. The fraction of sp³-hybridized carbons (Fsp3) is 0.500. The highest BCUT2D eigenvalue weighted by Crippen LogP contribution is 2.25. The number of aromatic amines is 1. The van der Waals surface area contributed by atoms with Gasteiger partial charge >= 0.3 is 0 Å². The lowest BCUT2D eigenvalue weighted by Crippen LogP contribution is -2.39. The zero-order valence-electron chi connectivity index (χ0n) is 9.48. The highest BCUT2D eigenvalue weighted by atomic mass is 16.3. The molecule has 2 atom stereocenters. The maximum Gasteiger partial charge on any atom is 0.268 e. The number of hydrogen-bond acceptors (Lipinski definition) is 3. The average molecular weight is 236 g/mol. The number of amides is 1. The Bertz CT molecular complexity index is 455. The van der Waals surface area contributed by atoms with Crippen LogP contribution in [0.25, 0.3) is 0 Å². The monoisotopic (exact) mass is 236 g/mol. The summed E-state index contributed by atoms with van der Waals surface area (Å²) in [6, 6.07) is 4.49. The smallest absolute Gasteiger partial charge is 0.268 e. The molecular weight excluding hydrogens is 220 g/mol. The number of hydrogen-bond donors (Lipinski definition) is 3. The second-order valence-corrected chi connectivity index (χ2v) is 4.38. The second kappa shape index (κ2) is 5.14. The van der Waals surface area contributed by atoms with E-state index in [4.69, 9.17) is 5.11 Å². The fourth-order valence-electron chi connectivity index (χ4n) is 2.27. The van der Waals surface area contributed by atoms with Crippen molar-refractivity contribution in [2.75, 3.05) is 6.61 Å². The maximum atomic E-state index is 11.9. The summed E-state index contributed by atoms with van der Waals surface area (Å²) in [5, 5.41) is 12.0. The van der Waals surface area contributed by atoms with Crippen molar-refractivity contribution in [1.82, 2.24) is 10.3 Å². The molecule has 1 aliphatic rings. The summed E-state index contributed by atoms with van der Waals surface area (Å²) in [6.45, 7) is 0.0935. The first kappa shape index (κ1) is 11.9. The summed E-state index contributed by atoms with van der Waals surface area (Å²) >= 11 is 0. The lowest BCUT2D eigenvalue weighted by atomic mass is 10.1. The number of H-pyrrole nitrogens is 1. The molecule has 1 heterocycles. The van der Waals surface area contributed by atoms with Gasteiger partial charge in [-0.25, -0.2) is 0 Å². The fourth-order valence-corrected chi connectivity index (χ4v) is 2.27. The van der Waals surface area contributed by atoms with Gasteiger partial charge in [0.2, 0.25) is 5.56 Å². The van der Waals surface area contributed by atoms with Crippen LogP contribution in [-0.2, 0) is 0 Å². The highest BCUT2D eigenvalue weighted by Gasteiger charge is 2.28. The number of aliphatic hydroxyl groups is 1. The van der Waals surface area contributed by atoms with Crippen LogP contribution in [0.1, 0.15) is 29.8 Å². The summed E-state index contributed by atoms with van der Waals surface area (Å²) in [4.78, 5) is 25.4. The van der Waals surface area contributed by atoms with Gasteiger partial charge in [-0.1, -0.05) is 12.5 Å². The molecule has 1 amide bonds. The van der Waals surface area contributed by atoms with Gasteiger partial charge in [0.15, 0.2) is 0 Å². The minimum Gasteiger partial charge on any atom is -0.396 e. The summed E-state index contributed by atoms with van der Waals surface area (Å²) in [5.74, 6) is -0.151. The Morgan fingerprint density at radius 1 is 1.47 bits per heavy atom. The summed E-state index contributed by atoms with van der Waals surface area (Å²) < 4.78 is 0. The van der Waals surface area contributed by atoms with Crippen LogP contribution in [0.2, 0.25) is 0 Å². The molecule has 5 heteroatoms. The molecule has 3 N–H and O–H groups in total. The van der Waals surface area contributed by atoms with Crippen LogP contribution in [0.5, 0.6) is 0 Å². The number of carbonyl (C=O) groups excluding carboxylic acids is 1. The first-order chi connectivity index (χ1) is 8.20. The third-order valence-electron chi connectivity index (χ3n) is 3.22. The van der Waals surface area contributed by atoms with E-state index in [1.807, 2.05) is 0 Å². The number of nitrogens with one attached hydrogen (secondary N) is 2. The molecule has 17 heavy (non-hydrogen) atoms. The average Bonchev–Trinajstić information content (AvgIpc) is 2.76. The van der Waals surface area contributed by atoms with Crippen LogP contribution in [0.15, 0.2) is 23.0 Å². The van der Waals surface area contributed by atoms with Crippen molar-refractivity contribution in [3.63, 3.8) is 0 Å². The van der Waals surface area contributed by atoms with Crippen LogP contribution in [-0.4, -0.2) is 28.6 Å². The van der Waals surface area contributed by atoms with Gasteiger partial charge in [0, 0.05) is 24.6 Å². The summed E-state index contributed by atoms with van der Waals surface area (Å²) in [7, 11) is 0. The van der Waals surface area contributed by atoms with Crippen molar-refractivity contribution < 1.29 is 9.90 Å². The van der Waals surface area contributed by atoms with Crippen LogP contribution in [0.4, 0.5) is 0 Å². The summed E-state index contributed by atoms with van der Waals surface area (Å²) in [5.41, 5.74) is -0.0242. The first-order valence-electron chi connectivity index (χ1n) is 5.82. The molecule has 5 nitrogen and oxygen atoms in total. The third kappa shape index (κ3) is 2.74. The molecule has 0 aliphatic heterocycles. The van der Waals surface area contributed by atoms with Crippen LogP contribution in [0, 0.1) is 5.92 Å². The molecule has 0 radical (unpaired) electrons. The van der Waals surface area contributed by atoms with E-state index in [9.17, 15) is 9.59 Å². The second-order valence-electron chi connectivity index (χ2n) is 4.38. The van der Waals surface area contributed by atoms with Crippen LogP contribution in [0.3, 0.4) is 0 Å². The number of rotatable bonds is 3. The van der Waals surface area contributed by atoms with Gasteiger partial charge < -0.3 is 15.4 Å². The molecule has 1 aromatic heterocycles. The standard InChI is InChI=1S/C12H16N2O3/c15-7-8-3-1-4-9(8)14-12(17)10-5-2-6-11(16)13-10/h2,5-6,8-9,15H,1,3-4,7H2,(H,13,16)(H,14,17). The highest BCUT2D eigenvalue weighted by molar-refractivity contribution is 5.92. The minimum atomic E-state index is -0.289. The molecule has 1 aromatic rings. The van der Waals surface area contributed by atoms with Gasteiger partial charge in [-0.05, 0) is 18.9 Å². The Labute approximate surface area is 98.9 Å². The van der Waals surface area contributed by atoms with E-state index >= 15 is 0 Å². The van der Waals surface area contributed by atoms with Gasteiger partial charge in [-0.15, -0.1) is 0 Å². The third-order valence-corrected chi connectivity index (χ3v) is 3.22. The van der Waals surface area contributed by atoms with Crippen molar-refractivity contribution >= 4 is 5.91 Å². The van der Waals surface area contributed by atoms with Crippen molar-refractivity contribution in [1.29, 1.82) is 0 Å². The maximum absolute atomic E-state index is 11.9. The van der Waals surface area contributed by atoms with Gasteiger partial charge in [-0.3, -0.25) is 9.59 Å². The van der Waals surface area contributed by atoms with E-state index in [0.29, 0.717) is 0 Å². The topological polar surface area (TPSA) is 82.2 Å². The van der Waals surface area contributed by atoms with E-state index in [1.54, 1.807) is 12.1 Å². The number of pyridine rings is 1. The van der Waals surface area contributed by atoms with E-state index in [0.717, 1.165) is 19.3 Å². The number of aliphatic hydroxyl groups excluding tert-OH is 1. The molecule has 1 aliphatic carbocycles. The van der Waals surface area contributed by atoms with Crippen molar-refractivity contribution in [3.8, 4) is 0 Å². The predicted molar refractivity (Wildman–Crippen MR) is 62.7 cm³/mol. The molecule has 2 unspecified atom stereocenters. The number of carbonyl (C=O) groups is 1. The molecule has 0 aromatic carbocycles. The molecule has 0 saturated heterocycles. The Balaban J connectivity index is 2.04. The van der Waals surface area contributed by atoms with Gasteiger partial charge in [0.05, 0.1) is 0 Å². The van der Waals surface area contributed by atoms with Gasteiger partial charge in [0.1, 0.15) is 5.69 Å². The van der Waals surface area contributed by atoms with E-state index in [-0.39, 0.29) is 35.7 Å². The summed E-state index contributed by atoms with van der Waals surface area (Å²) in [6.07, 6.45) is 2.84. The zero-order valence-corrected chi connectivity index (χ0v) is 9.48. The quantitative estimate of drug-likeness (QED) is 0.704. The van der Waals surface area contributed by atoms with Gasteiger partial charge in [-0.2, -0.15) is 0 Å². The Morgan fingerprint density at radius 3 is 3.00 bits per heavy atom. The van der Waals surface area contributed by atoms with E-state index in [2.05, 4.69) is 10.3 Å². The van der Waals surface area contributed by atoms with Crippen LogP contribution < -0.4 is 10.9 Å². The van der Waals surface area contributed by atoms with Crippen LogP contribution >= 0.6 is 0 Å². The minimum absolute atomic E-state index is 0.0104. The lowest BCUT2D eigenvalue weighted by molar-refractivity contribution is 0.0910. The lowest BCUT2D eigenvalue weighted by Gasteiger charge is -2.18. The van der Waals surface area contributed by atoms with Crippen molar-refractivity contribution in [3.05, 3.63) is 34.2 Å². The Hall–Kier alpha value is -1.62. The Kier molecular flexibility index (Phi) is 3.58. The SMILES string of the molecule is O=C(NC1CCCC1CO)c1cccc(=O)[nH]1. The van der Waals surface area contributed by atoms with Crippen molar-refractivity contribution in [2.45, 2.75) is 25.3 Å². The van der Waals surface area contributed by atoms with Crippen molar-refractivity contribution in [2.24, 2.45) is 5.92 Å². The van der Waals surface area contributed by atoms with E-state index in [1.165, 1.54) is 6.07 Å².